The van der Waals surface area contributed by atoms with Crippen LogP contribution in [0.15, 0.2) is 58.5 Å². The summed E-state index contributed by atoms with van der Waals surface area (Å²) in [5, 5.41) is 14.0. The van der Waals surface area contributed by atoms with Gasteiger partial charge in [-0.1, -0.05) is 30.0 Å². The molecule has 2 aromatic carbocycles. The lowest BCUT2D eigenvalue weighted by Crippen LogP contribution is -2.23. The quantitative estimate of drug-likeness (QED) is 0.271. The van der Waals surface area contributed by atoms with Gasteiger partial charge in [0.25, 0.3) is 11.2 Å². The highest BCUT2D eigenvalue weighted by Gasteiger charge is 2.18. The van der Waals surface area contributed by atoms with Crippen LogP contribution in [-0.4, -0.2) is 35.9 Å². The summed E-state index contributed by atoms with van der Waals surface area (Å²) in [6, 6.07) is 13.5. The van der Waals surface area contributed by atoms with Crippen molar-refractivity contribution < 1.29 is 9.72 Å². The maximum atomic E-state index is 12.9. The van der Waals surface area contributed by atoms with Gasteiger partial charge in [0.05, 0.1) is 33.1 Å². The molecule has 0 radical (unpaired) electrons. The molecule has 0 saturated heterocycles. The van der Waals surface area contributed by atoms with Crippen LogP contribution in [-0.2, 0) is 11.8 Å². The third kappa shape index (κ3) is 3.94. The number of fused-ring (bicyclic) bond motifs is 1. The zero-order valence-corrected chi connectivity index (χ0v) is 17.5. The second kappa shape index (κ2) is 8.11. The Morgan fingerprint density at radius 3 is 2.71 bits per heavy atom. The van der Waals surface area contributed by atoms with E-state index in [0.717, 1.165) is 11.8 Å². The summed E-state index contributed by atoms with van der Waals surface area (Å²) in [6.45, 7) is 1.76. The van der Waals surface area contributed by atoms with Gasteiger partial charge in [0.1, 0.15) is 5.69 Å². The molecule has 10 nitrogen and oxygen atoms in total. The minimum atomic E-state index is -0.481. The first-order valence-corrected chi connectivity index (χ1v) is 10.2. The van der Waals surface area contributed by atoms with Crippen molar-refractivity contribution in [3.8, 4) is 5.69 Å². The van der Waals surface area contributed by atoms with E-state index in [1.165, 1.54) is 16.8 Å². The summed E-state index contributed by atoms with van der Waals surface area (Å²) in [7, 11) is 1.75. The van der Waals surface area contributed by atoms with Gasteiger partial charge in [0.2, 0.25) is 5.91 Å². The average Bonchev–Trinajstić information content (AvgIpc) is 3.26. The number of rotatable bonds is 6. The number of amides is 1. The second-order valence-corrected chi connectivity index (χ2v) is 7.74. The molecule has 2 N–H and O–H groups in total. The predicted molar refractivity (Wildman–Crippen MR) is 118 cm³/mol. The molecule has 11 heteroatoms. The molecule has 0 atom stereocenters. The minimum absolute atomic E-state index is 0.0149. The number of nitro groups is 1. The number of non-ortho nitro benzene ring substituents is 1. The van der Waals surface area contributed by atoms with Gasteiger partial charge < -0.3 is 10.3 Å². The molecule has 0 aliphatic rings. The number of benzene rings is 2. The van der Waals surface area contributed by atoms with Gasteiger partial charge in [0, 0.05) is 19.2 Å². The maximum Gasteiger partial charge on any atom is 0.295 e. The van der Waals surface area contributed by atoms with Crippen LogP contribution in [0.4, 0.5) is 11.4 Å². The fourth-order valence-corrected chi connectivity index (χ4v) is 3.86. The predicted octanol–water partition coefficient (Wildman–Crippen LogP) is 3.00. The molecule has 2 heterocycles. The second-order valence-electron chi connectivity index (χ2n) is 6.77. The number of aromatic amines is 1. The molecule has 0 spiro atoms. The largest absolute Gasteiger partial charge is 0.333 e. The number of hydrogen-bond donors (Lipinski definition) is 2. The molecule has 4 rings (SSSR count). The van der Waals surface area contributed by atoms with Crippen molar-refractivity contribution in [3.63, 3.8) is 0 Å². The van der Waals surface area contributed by atoms with E-state index >= 15 is 0 Å². The summed E-state index contributed by atoms with van der Waals surface area (Å²) in [5.74, 6) is -0.344. The van der Waals surface area contributed by atoms with Crippen LogP contribution in [0.5, 0.6) is 0 Å². The molecular weight excluding hydrogens is 420 g/mol. The Morgan fingerprint density at radius 1 is 1.26 bits per heavy atom. The molecule has 0 unspecified atom stereocenters. The van der Waals surface area contributed by atoms with Gasteiger partial charge in [-0.15, -0.1) is 0 Å². The van der Waals surface area contributed by atoms with E-state index in [0.29, 0.717) is 27.6 Å². The van der Waals surface area contributed by atoms with E-state index in [4.69, 9.17) is 0 Å². The number of carbonyl (C=O) groups is 1. The van der Waals surface area contributed by atoms with Crippen molar-refractivity contribution in [3.05, 3.63) is 74.7 Å². The van der Waals surface area contributed by atoms with E-state index in [9.17, 15) is 19.7 Å². The summed E-state index contributed by atoms with van der Waals surface area (Å²) >= 11 is 1.14. The fourth-order valence-electron chi connectivity index (χ4n) is 3.18. The van der Waals surface area contributed by atoms with Crippen LogP contribution >= 0.6 is 11.8 Å². The van der Waals surface area contributed by atoms with Gasteiger partial charge >= 0.3 is 0 Å². The molecule has 0 aliphatic carbocycles. The Hall–Kier alpha value is -3.86. The first-order valence-electron chi connectivity index (χ1n) is 9.26. The van der Waals surface area contributed by atoms with Crippen molar-refractivity contribution in [1.29, 1.82) is 0 Å². The highest BCUT2D eigenvalue weighted by atomic mass is 32.2. The lowest BCUT2D eigenvalue weighted by Gasteiger charge is -2.07. The van der Waals surface area contributed by atoms with Gasteiger partial charge in [-0.2, -0.15) is 0 Å². The van der Waals surface area contributed by atoms with Crippen molar-refractivity contribution in [2.45, 2.75) is 12.1 Å². The van der Waals surface area contributed by atoms with Crippen LogP contribution in [0.25, 0.3) is 16.7 Å². The Bertz CT molecular complexity index is 1360. The molecule has 2 aromatic heterocycles. The summed E-state index contributed by atoms with van der Waals surface area (Å²) in [5.41, 5.74) is 2.27. The van der Waals surface area contributed by atoms with E-state index < -0.39 is 4.92 Å². The lowest BCUT2D eigenvalue weighted by molar-refractivity contribution is -0.384. The van der Waals surface area contributed by atoms with Crippen LogP contribution in [0, 0.1) is 17.0 Å². The molecule has 0 aliphatic heterocycles. The summed E-state index contributed by atoms with van der Waals surface area (Å²) in [4.78, 5) is 43.1. The van der Waals surface area contributed by atoms with Gasteiger partial charge in [-0.25, -0.2) is 9.67 Å². The van der Waals surface area contributed by atoms with Crippen LogP contribution < -0.4 is 10.9 Å². The number of H-pyrrole nitrogens is 1. The zero-order valence-electron chi connectivity index (χ0n) is 16.7. The van der Waals surface area contributed by atoms with Crippen molar-refractivity contribution >= 4 is 40.1 Å². The molecule has 4 aromatic rings. The Labute approximate surface area is 180 Å². The molecule has 0 saturated carbocycles. The average molecular weight is 438 g/mol. The third-order valence-corrected chi connectivity index (χ3v) is 5.69. The maximum absolute atomic E-state index is 12.9. The van der Waals surface area contributed by atoms with Crippen molar-refractivity contribution in [1.82, 2.24) is 19.3 Å². The van der Waals surface area contributed by atoms with Gasteiger partial charge in [-0.3, -0.25) is 24.4 Å². The number of nitrogens with one attached hydrogen (secondary N) is 2. The normalized spacial score (nSPS) is 11.0. The minimum Gasteiger partial charge on any atom is -0.333 e. The molecule has 1 amide bonds. The molecule has 158 valence electrons. The molecule has 31 heavy (non-hydrogen) atoms. The molecular formula is C20H18N6O4S. The SMILES string of the molecule is Cc1c(NC(=O)CSc2nc3ccc([N+](=O)[O-])cc3[nH]2)c(=O)n(-c2ccccc2)n1C. The van der Waals surface area contributed by atoms with E-state index in [1.807, 2.05) is 30.3 Å². The number of imidazole rings is 1. The van der Waals surface area contributed by atoms with E-state index in [2.05, 4.69) is 15.3 Å². The van der Waals surface area contributed by atoms with Gasteiger partial charge in [0.15, 0.2) is 5.16 Å². The van der Waals surface area contributed by atoms with Crippen molar-refractivity contribution in [2.75, 3.05) is 11.1 Å². The first kappa shape index (κ1) is 20.4. The smallest absolute Gasteiger partial charge is 0.295 e. The van der Waals surface area contributed by atoms with Gasteiger partial charge in [-0.05, 0) is 25.1 Å². The molecule has 0 bridgehead atoms. The number of nitrogens with zero attached hydrogens (tertiary/aromatic N) is 4. The highest BCUT2D eigenvalue weighted by molar-refractivity contribution is 7.99. The Kier molecular flexibility index (Phi) is 5.34. The number of para-hydroxylation sites is 1. The zero-order chi connectivity index (χ0) is 22.1. The lowest BCUT2D eigenvalue weighted by atomic mass is 10.3. The van der Waals surface area contributed by atoms with Crippen molar-refractivity contribution in [2.24, 2.45) is 7.05 Å². The first-order chi connectivity index (χ1) is 14.8. The van der Waals surface area contributed by atoms with Crippen LogP contribution in [0.3, 0.4) is 0 Å². The number of hydrogen-bond acceptors (Lipinski definition) is 6. The number of nitro benzene ring substituents is 1. The summed E-state index contributed by atoms with van der Waals surface area (Å²) in [6.07, 6.45) is 0. The fraction of sp³-hybridized carbons (Fsp3) is 0.150. The number of aromatic nitrogens is 4. The Morgan fingerprint density at radius 2 is 2.00 bits per heavy atom. The topological polar surface area (TPSA) is 128 Å². The monoisotopic (exact) mass is 438 g/mol. The third-order valence-electron chi connectivity index (χ3n) is 4.81. The number of thioether (sulfide) groups is 1. The highest BCUT2D eigenvalue weighted by Crippen LogP contribution is 2.23. The van der Waals surface area contributed by atoms with E-state index in [-0.39, 0.29) is 28.6 Å². The number of anilines is 1. The van der Waals surface area contributed by atoms with Crippen LogP contribution in [0.2, 0.25) is 0 Å². The molecule has 0 fully saturated rings. The standard InChI is InChI=1S/C20H18N6O4S/c1-12-18(19(28)25(24(12)2)13-6-4-3-5-7-13)23-17(27)11-31-20-21-15-9-8-14(26(29)30)10-16(15)22-20/h3-10H,11H2,1-2H3,(H,21,22)(H,23,27). The number of carbonyl (C=O) groups excluding carboxylic acids is 1. The van der Waals surface area contributed by atoms with E-state index in [1.54, 1.807) is 24.7 Å². The van der Waals surface area contributed by atoms with Crippen LogP contribution in [0.1, 0.15) is 5.69 Å². The summed E-state index contributed by atoms with van der Waals surface area (Å²) < 4.78 is 3.18. The Balaban J connectivity index is 1.49.